The van der Waals surface area contributed by atoms with Gasteiger partial charge in [-0.2, -0.15) is 0 Å². The number of nitrogens with zero attached hydrogens (tertiary/aromatic N) is 2. The Morgan fingerprint density at radius 3 is 2.28 bits per heavy atom. The van der Waals surface area contributed by atoms with Gasteiger partial charge < -0.3 is 9.47 Å². The van der Waals surface area contributed by atoms with Crippen molar-refractivity contribution in [3.05, 3.63) is 22.7 Å². The third kappa shape index (κ3) is 5.06. The van der Waals surface area contributed by atoms with E-state index < -0.39 is 11.4 Å². The highest BCUT2D eigenvalue weighted by Crippen LogP contribution is 2.41. The van der Waals surface area contributed by atoms with Gasteiger partial charge in [0.15, 0.2) is 5.82 Å². The molecule has 1 heterocycles. The molecule has 2 rings (SSSR count). The molecule has 25 heavy (non-hydrogen) atoms. The third-order valence-corrected chi connectivity index (χ3v) is 4.49. The summed E-state index contributed by atoms with van der Waals surface area (Å²) < 4.78 is 25.0. The first kappa shape index (κ1) is 19.9. The molecule has 7 heteroatoms. The van der Waals surface area contributed by atoms with Crippen molar-refractivity contribution in [2.75, 3.05) is 6.61 Å². The summed E-state index contributed by atoms with van der Waals surface area (Å²) in [6.45, 7) is 12.1. The monoisotopic (exact) mass is 416 g/mol. The number of halogens is 2. The van der Waals surface area contributed by atoms with E-state index in [1.54, 1.807) is 4.90 Å². The third-order valence-electron chi connectivity index (χ3n) is 3.91. The smallest absolute Gasteiger partial charge is 0.411 e. The summed E-state index contributed by atoms with van der Waals surface area (Å²) in [7, 11) is 0. The lowest BCUT2D eigenvalue weighted by molar-refractivity contribution is -0.0197. The van der Waals surface area contributed by atoms with E-state index in [0.29, 0.717) is 5.75 Å². The van der Waals surface area contributed by atoms with Gasteiger partial charge in [0.05, 0.1) is 6.20 Å². The molecule has 1 fully saturated rings. The minimum Gasteiger partial charge on any atom is -0.488 e. The summed E-state index contributed by atoms with van der Waals surface area (Å²) >= 11 is 3.00. The largest absolute Gasteiger partial charge is 0.488 e. The Labute approximate surface area is 157 Å². The van der Waals surface area contributed by atoms with E-state index in [0.717, 1.165) is 12.8 Å². The molecule has 1 aromatic rings. The molecule has 0 radical (unpaired) electrons. The number of hydrogen-bond acceptors (Lipinski definition) is 4. The summed E-state index contributed by atoms with van der Waals surface area (Å²) in [5.74, 6) is -0.183. The van der Waals surface area contributed by atoms with E-state index in [9.17, 15) is 9.18 Å². The number of amides is 1. The Morgan fingerprint density at radius 2 is 1.84 bits per heavy atom. The van der Waals surface area contributed by atoms with E-state index in [1.807, 2.05) is 41.5 Å². The van der Waals surface area contributed by atoms with Crippen LogP contribution in [0.2, 0.25) is 0 Å². The fourth-order valence-electron chi connectivity index (χ4n) is 2.90. The maximum absolute atomic E-state index is 13.5. The molecule has 0 spiro atoms. The first-order chi connectivity index (χ1) is 11.3. The molecule has 0 N–H and O–H groups in total. The fourth-order valence-corrected chi connectivity index (χ4v) is 3.11. The lowest BCUT2D eigenvalue weighted by Gasteiger charge is -2.44. The van der Waals surface area contributed by atoms with Crippen molar-refractivity contribution >= 4 is 22.0 Å². The molecule has 0 atom stereocenters. The van der Waals surface area contributed by atoms with E-state index >= 15 is 0 Å². The van der Waals surface area contributed by atoms with Crippen molar-refractivity contribution < 1.29 is 18.7 Å². The average molecular weight is 417 g/mol. The quantitative estimate of drug-likeness (QED) is 0.652. The minimum absolute atomic E-state index is 0.137. The molecule has 0 bridgehead atoms. The summed E-state index contributed by atoms with van der Waals surface area (Å²) in [6.07, 6.45) is 2.53. The molecular formula is C18H26BrFN2O3. The molecule has 0 aliphatic heterocycles. The topological polar surface area (TPSA) is 51.7 Å². The van der Waals surface area contributed by atoms with Crippen LogP contribution in [0.4, 0.5) is 9.18 Å². The van der Waals surface area contributed by atoms with Gasteiger partial charge in [0.25, 0.3) is 0 Å². The van der Waals surface area contributed by atoms with Crippen LogP contribution in [0.15, 0.2) is 16.9 Å². The van der Waals surface area contributed by atoms with Crippen molar-refractivity contribution in [3.63, 3.8) is 0 Å². The molecule has 1 aromatic heterocycles. The molecule has 0 aromatic carbocycles. The molecule has 1 amide bonds. The number of aromatic nitrogens is 1. The van der Waals surface area contributed by atoms with Crippen molar-refractivity contribution in [2.24, 2.45) is 0 Å². The van der Waals surface area contributed by atoms with Crippen LogP contribution in [0.3, 0.4) is 0 Å². The minimum atomic E-state index is -0.643. The molecule has 5 nitrogen and oxygen atoms in total. The predicted molar refractivity (Wildman–Crippen MR) is 97.2 cm³/mol. The van der Waals surface area contributed by atoms with Crippen LogP contribution in [-0.4, -0.2) is 39.3 Å². The lowest BCUT2D eigenvalue weighted by Crippen LogP contribution is -2.56. The van der Waals surface area contributed by atoms with Gasteiger partial charge in [-0.1, -0.05) is 0 Å². The lowest BCUT2D eigenvalue weighted by atomic mass is 9.97. The molecule has 140 valence electrons. The maximum atomic E-state index is 13.5. The standard InChI is InChI=1S/C18H26BrFN2O3/c1-16(2,3)22(17(4,5)6)15(23)25-18(7-8-18)11-24-12-9-13(20)14(19)21-10-12/h9-10H,7-8,11H2,1-6H3. The highest BCUT2D eigenvalue weighted by atomic mass is 79.9. The van der Waals surface area contributed by atoms with E-state index in [4.69, 9.17) is 9.47 Å². The second-order valence-electron chi connectivity index (χ2n) is 8.46. The molecule has 1 aliphatic rings. The Morgan fingerprint density at radius 1 is 1.28 bits per heavy atom. The van der Waals surface area contributed by atoms with Crippen molar-refractivity contribution in [1.29, 1.82) is 0 Å². The van der Waals surface area contributed by atoms with Gasteiger partial charge in [-0.05, 0) is 70.3 Å². The van der Waals surface area contributed by atoms with Crippen LogP contribution in [0.1, 0.15) is 54.4 Å². The highest BCUT2D eigenvalue weighted by Gasteiger charge is 2.50. The van der Waals surface area contributed by atoms with Crippen molar-refractivity contribution in [3.8, 4) is 5.75 Å². The van der Waals surface area contributed by atoms with Crippen LogP contribution in [0.5, 0.6) is 5.75 Å². The predicted octanol–water partition coefficient (Wildman–Crippen LogP) is 4.93. The molecular weight excluding hydrogens is 391 g/mol. The van der Waals surface area contributed by atoms with Gasteiger partial charge in [-0.15, -0.1) is 0 Å². The molecule has 0 saturated heterocycles. The maximum Gasteiger partial charge on any atom is 0.411 e. The van der Waals surface area contributed by atoms with Crippen molar-refractivity contribution in [1.82, 2.24) is 9.88 Å². The van der Waals surface area contributed by atoms with Gasteiger partial charge in [-0.25, -0.2) is 14.2 Å². The molecule has 1 aliphatic carbocycles. The summed E-state index contributed by atoms with van der Waals surface area (Å²) in [5.41, 5.74) is -1.38. The van der Waals surface area contributed by atoms with Gasteiger partial charge in [0.1, 0.15) is 22.6 Å². The SMILES string of the molecule is CC(C)(C)N(C(=O)OC1(COc2cnc(Br)c(F)c2)CC1)C(C)(C)C. The van der Waals surface area contributed by atoms with Crippen LogP contribution in [0.25, 0.3) is 0 Å². The second-order valence-corrected chi connectivity index (χ2v) is 9.21. The van der Waals surface area contributed by atoms with Gasteiger partial charge in [-0.3, -0.25) is 4.90 Å². The Bertz CT molecular complexity index is 635. The van der Waals surface area contributed by atoms with Crippen LogP contribution >= 0.6 is 15.9 Å². The van der Waals surface area contributed by atoms with E-state index in [-0.39, 0.29) is 28.4 Å². The van der Waals surface area contributed by atoms with Gasteiger partial charge >= 0.3 is 6.09 Å². The number of hydrogen-bond donors (Lipinski definition) is 0. The average Bonchev–Trinajstić information content (AvgIpc) is 3.16. The normalized spacial score (nSPS) is 16.3. The number of rotatable bonds is 4. The zero-order valence-corrected chi connectivity index (χ0v) is 17.2. The first-order valence-electron chi connectivity index (χ1n) is 8.31. The summed E-state index contributed by atoms with van der Waals surface area (Å²) in [6, 6.07) is 1.26. The van der Waals surface area contributed by atoms with Crippen LogP contribution in [0, 0.1) is 5.82 Å². The van der Waals surface area contributed by atoms with Crippen LogP contribution < -0.4 is 4.74 Å². The summed E-state index contributed by atoms with van der Waals surface area (Å²) in [5, 5.41) is 0. The summed E-state index contributed by atoms with van der Waals surface area (Å²) in [4.78, 5) is 18.4. The van der Waals surface area contributed by atoms with E-state index in [1.165, 1.54) is 12.3 Å². The van der Waals surface area contributed by atoms with Gasteiger partial charge in [0.2, 0.25) is 0 Å². The number of carbonyl (C=O) groups is 1. The Hall–Kier alpha value is -1.37. The first-order valence-corrected chi connectivity index (χ1v) is 9.11. The molecule has 1 saturated carbocycles. The second kappa shape index (κ2) is 6.74. The van der Waals surface area contributed by atoms with Crippen LogP contribution in [-0.2, 0) is 4.74 Å². The van der Waals surface area contributed by atoms with E-state index in [2.05, 4.69) is 20.9 Å². The highest BCUT2D eigenvalue weighted by molar-refractivity contribution is 9.10. The zero-order valence-electron chi connectivity index (χ0n) is 15.7. The number of carbonyl (C=O) groups excluding carboxylic acids is 1. The van der Waals surface area contributed by atoms with Crippen molar-refractivity contribution in [2.45, 2.75) is 71.1 Å². The fraction of sp³-hybridized carbons (Fsp3) is 0.667. The zero-order chi connectivity index (χ0) is 19.0. The number of ether oxygens (including phenoxy) is 2. The Kier molecular flexibility index (Phi) is 5.38. The van der Waals surface area contributed by atoms with Gasteiger partial charge in [0, 0.05) is 17.1 Å². The molecule has 0 unspecified atom stereocenters. The Balaban J connectivity index is 2.03. The number of pyridine rings is 1.